The van der Waals surface area contributed by atoms with Gasteiger partial charge in [-0.1, -0.05) is 6.07 Å². The Balaban J connectivity index is 1.59. The van der Waals surface area contributed by atoms with E-state index in [1.54, 1.807) is 6.07 Å². The standard InChI is InChI=1S/C19H27FN2O4S/c1-3-26-16-7-15(8-16)22-19(23)17-10-27(24,25)11-18(17)21-9-13-6-14(20)5-4-12(13)2/h4-6,15-18,21H,3,7-11H2,1-2H3,(H,22,23)/t15?,16?,17-,18-/m1/s1. The van der Waals surface area contributed by atoms with E-state index in [4.69, 9.17) is 4.74 Å². The SMILES string of the molecule is CCOC1CC(NC(=O)[C@@H]2CS(=O)(=O)C[C@H]2NCc2cc(F)ccc2C)C1. The number of benzene rings is 1. The van der Waals surface area contributed by atoms with Gasteiger partial charge < -0.3 is 15.4 Å². The molecule has 1 heterocycles. The van der Waals surface area contributed by atoms with E-state index >= 15 is 0 Å². The molecule has 8 heteroatoms. The summed E-state index contributed by atoms with van der Waals surface area (Å²) in [7, 11) is -3.28. The van der Waals surface area contributed by atoms with Gasteiger partial charge in [0.1, 0.15) is 5.82 Å². The van der Waals surface area contributed by atoms with E-state index in [9.17, 15) is 17.6 Å². The normalized spacial score (nSPS) is 29.3. The Morgan fingerprint density at radius 3 is 2.74 bits per heavy atom. The van der Waals surface area contributed by atoms with Gasteiger partial charge in [0, 0.05) is 25.2 Å². The molecule has 1 saturated carbocycles. The molecule has 2 atom stereocenters. The van der Waals surface area contributed by atoms with Crippen molar-refractivity contribution in [3.05, 3.63) is 35.1 Å². The van der Waals surface area contributed by atoms with E-state index in [0.29, 0.717) is 13.2 Å². The smallest absolute Gasteiger partial charge is 0.225 e. The number of amides is 1. The maximum absolute atomic E-state index is 13.5. The second-order valence-electron chi connectivity index (χ2n) is 7.50. The quantitative estimate of drug-likeness (QED) is 0.724. The van der Waals surface area contributed by atoms with Crippen LogP contribution in [0.2, 0.25) is 0 Å². The number of hydrogen-bond acceptors (Lipinski definition) is 5. The van der Waals surface area contributed by atoms with Crippen LogP contribution >= 0.6 is 0 Å². The van der Waals surface area contributed by atoms with Crippen LogP contribution in [0.3, 0.4) is 0 Å². The van der Waals surface area contributed by atoms with E-state index in [2.05, 4.69) is 10.6 Å². The number of halogens is 1. The van der Waals surface area contributed by atoms with Crippen molar-refractivity contribution in [1.82, 2.24) is 10.6 Å². The number of carbonyl (C=O) groups is 1. The zero-order valence-electron chi connectivity index (χ0n) is 15.7. The lowest BCUT2D eigenvalue weighted by atomic mass is 9.88. The maximum Gasteiger partial charge on any atom is 0.225 e. The van der Waals surface area contributed by atoms with Crippen molar-refractivity contribution in [2.45, 2.75) is 51.4 Å². The number of rotatable bonds is 7. The van der Waals surface area contributed by atoms with E-state index < -0.39 is 21.8 Å². The highest BCUT2D eigenvalue weighted by molar-refractivity contribution is 7.91. The number of aryl methyl sites for hydroxylation is 1. The summed E-state index contributed by atoms with van der Waals surface area (Å²) in [5.41, 5.74) is 1.68. The summed E-state index contributed by atoms with van der Waals surface area (Å²) < 4.78 is 43.1. The molecule has 2 N–H and O–H groups in total. The lowest BCUT2D eigenvalue weighted by Crippen LogP contribution is -2.52. The van der Waals surface area contributed by atoms with Gasteiger partial charge in [-0.3, -0.25) is 4.79 Å². The lowest BCUT2D eigenvalue weighted by Gasteiger charge is -2.36. The van der Waals surface area contributed by atoms with Gasteiger partial charge in [0.25, 0.3) is 0 Å². The Bertz CT molecular complexity index is 793. The van der Waals surface area contributed by atoms with Crippen molar-refractivity contribution in [2.75, 3.05) is 18.1 Å². The summed E-state index contributed by atoms with van der Waals surface area (Å²) in [5, 5.41) is 6.11. The Morgan fingerprint density at radius 2 is 2.04 bits per heavy atom. The van der Waals surface area contributed by atoms with Gasteiger partial charge in [0.05, 0.1) is 23.5 Å². The molecular formula is C19H27FN2O4S. The molecule has 6 nitrogen and oxygen atoms in total. The molecule has 0 unspecified atom stereocenters. The first-order valence-electron chi connectivity index (χ1n) is 9.38. The molecule has 0 spiro atoms. The second kappa shape index (κ2) is 8.24. The molecule has 1 saturated heterocycles. The fourth-order valence-corrected chi connectivity index (χ4v) is 5.71. The van der Waals surface area contributed by atoms with Gasteiger partial charge in [-0.05, 0) is 49.9 Å². The number of ether oxygens (including phenoxy) is 1. The predicted molar refractivity (Wildman–Crippen MR) is 100 cm³/mol. The number of hydrogen-bond donors (Lipinski definition) is 2. The Labute approximate surface area is 159 Å². The van der Waals surface area contributed by atoms with E-state index in [1.807, 2.05) is 13.8 Å². The molecule has 150 valence electrons. The maximum atomic E-state index is 13.5. The van der Waals surface area contributed by atoms with Gasteiger partial charge in [-0.2, -0.15) is 0 Å². The summed E-state index contributed by atoms with van der Waals surface area (Å²) in [6.07, 6.45) is 1.71. The average molecular weight is 399 g/mol. The highest BCUT2D eigenvalue weighted by atomic mass is 32.2. The largest absolute Gasteiger partial charge is 0.378 e. The van der Waals surface area contributed by atoms with Crippen molar-refractivity contribution in [3.63, 3.8) is 0 Å². The van der Waals surface area contributed by atoms with Gasteiger partial charge >= 0.3 is 0 Å². The van der Waals surface area contributed by atoms with Crippen LogP contribution in [0, 0.1) is 18.7 Å². The molecule has 1 aliphatic heterocycles. The van der Waals surface area contributed by atoms with Crippen LogP contribution in [0.25, 0.3) is 0 Å². The molecule has 1 aromatic rings. The van der Waals surface area contributed by atoms with Gasteiger partial charge in [-0.15, -0.1) is 0 Å². The van der Waals surface area contributed by atoms with Crippen LogP contribution in [0.1, 0.15) is 30.9 Å². The van der Waals surface area contributed by atoms with Crippen LogP contribution < -0.4 is 10.6 Å². The summed E-state index contributed by atoms with van der Waals surface area (Å²) in [5.74, 6) is -1.43. The number of carbonyl (C=O) groups excluding carboxylic acids is 1. The first-order chi connectivity index (χ1) is 12.8. The number of sulfone groups is 1. The topological polar surface area (TPSA) is 84.5 Å². The minimum absolute atomic E-state index is 0.0449. The second-order valence-corrected chi connectivity index (χ2v) is 9.65. The molecule has 27 heavy (non-hydrogen) atoms. The first kappa shape index (κ1) is 20.2. The van der Waals surface area contributed by atoms with Crippen LogP contribution in [-0.4, -0.2) is 50.6 Å². The van der Waals surface area contributed by atoms with Crippen molar-refractivity contribution in [3.8, 4) is 0 Å². The number of nitrogens with one attached hydrogen (secondary N) is 2. The molecule has 1 amide bonds. The summed E-state index contributed by atoms with van der Waals surface area (Å²) >= 11 is 0. The van der Waals surface area contributed by atoms with Gasteiger partial charge in [0.2, 0.25) is 5.91 Å². The highest BCUT2D eigenvalue weighted by Crippen LogP contribution is 2.26. The molecule has 0 radical (unpaired) electrons. The van der Waals surface area contributed by atoms with E-state index in [1.165, 1.54) is 12.1 Å². The van der Waals surface area contributed by atoms with Crippen molar-refractivity contribution in [2.24, 2.45) is 5.92 Å². The fourth-order valence-electron chi connectivity index (χ4n) is 3.74. The zero-order chi connectivity index (χ0) is 19.6. The monoisotopic (exact) mass is 398 g/mol. The Morgan fingerprint density at radius 1 is 1.30 bits per heavy atom. The fraction of sp³-hybridized carbons (Fsp3) is 0.632. The molecule has 0 aromatic heterocycles. The van der Waals surface area contributed by atoms with E-state index in [0.717, 1.165) is 24.0 Å². The average Bonchev–Trinajstić information content (AvgIpc) is 2.88. The first-order valence-corrected chi connectivity index (χ1v) is 11.2. The minimum Gasteiger partial charge on any atom is -0.378 e. The molecule has 2 aliphatic rings. The highest BCUT2D eigenvalue weighted by Gasteiger charge is 2.43. The Hall–Kier alpha value is -1.51. The van der Waals surface area contributed by atoms with Crippen LogP contribution in [0.4, 0.5) is 4.39 Å². The van der Waals surface area contributed by atoms with Crippen LogP contribution in [0.15, 0.2) is 18.2 Å². The summed E-state index contributed by atoms with van der Waals surface area (Å²) in [6, 6.07) is 4.09. The van der Waals surface area contributed by atoms with Crippen LogP contribution in [-0.2, 0) is 25.9 Å². The Kier molecular flexibility index (Phi) is 6.18. The van der Waals surface area contributed by atoms with Crippen molar-refractivity contribution >= 4 is 15.7 Å². The van der Waals surface area contributed by atoms with Gasteiger partial charge in [-0.25, -0.2) is 12.8 Å². The summed E-state index contributed by atoms with van der Waals surface area (Å²) in [4.78, 5) is 12.6. The van der Waals surface area contributed by atoms with Crippen molar-refractivity contribution < 1.29 is 22.3 Å². The lowest BCUT2D eigenvalue weighted by molar-refractivity contribution is -0.127. The molecule has 3 rings (SSSR count). The van der Waals surface area contributed by atoms with Gasteiger partial charge in [0.15, 0.2) is 9.84 Å². The third kappa shape index (κ3) is 5.06. The molecule has 1 aromatic carbocycles. The van der Waals surface area contributed by atoms with E-state index in [-0.39, 0.29) is 35.4 Å². The molecule has 1 aliphatic carbocycles. The molecular weight excluding hydrogens is 371 g/mol. The summed E-state index contributed by atoms with van der Waals surface area (Å²) in [6.45, 7) is 4.78. The third-order valence-electron chi connectivity index (χ3n) is 5.40. The third-order valence-corrected chi connectivity index (χ3v) is 7.13. The predicted octanol–water partition coefficient (Wildman–Crippen LogP) is 1.32. The van der Waals surface area contributed by atoms with Crippen molar-refractivity contribution in [1.29, 1.82) is 0 Å². The van der Waals surface area contributed by atoms with Crippen LogP contribution in [0.5, 0.6) is 0 Å². The molecule has 2 fully saturated rings. The molecule has 0 bridgehead atoms. The minimum atomic E-state index is -3.28. The zero-order valence-corrected chi connectivity index (χ0v) is 16.5.